The Morgan fingerprint density at radius 2 is 2.18 bits per heavy atom. The molecule has 5 nitrogen and oxygen atoms in total. The van der Waals surface area contributed by atoms with Gasteiger partial charge in [-0.15, -0.1) is 0 Å². The number of hydrogen-bond acceptors (Lipinski definition) is 4. The van der Waals surface area contributed by atoms with Crippen molar-refractivity contribution in [2.24, 2.45) is 0 Å². The third-order valence-electron chi connectivity index (χ3n) is 2.81. The summed E-state index contributed by atoms with van der Waals surface area (Å²) in [7, 11) is -1.82. The number of benzene rings is 1. The van der Waals surface area contributed by atoms with Crippen molar-refractivity contribution in [2.45, 2.75) is 11.7 Å². The summed E-state index contributed by atoms with van der Waals surface area (Å²) in [5.74, 6) is 0.530. The van der Waals surface area contributed by atoms with Crippen LogP contribution in [0, 0.1) is 0 Å². The second kappa shape index (κ2) is 4.93. The van der Waals surface area contributed by atoms with Gasteiger partial charge in [-0.2, -0.15) is 0 Å². The Bertz CT molecular complexity index is 481. The number of anilines is 1. The molecule has 1 heterocycles. The molecule has 2 N–H and O–H groups in total. The van der Waals surface area contributed by atoms with Crippen LogP contribution in [0.4, 0.5) is 5.69 Å². The summed E-state index contributed by atoms with van der Waals surface area (Å²) in [6.07, 6.45) is 0.643. The fourth-order valence-corrected chi connectivity index (χ4v) is 3.27. The summed E-state index contributed by atoms with van der Waals surface area (Å²) < 4.78 is 31.8. The van der Waals surface area contributed by atoms with Gasteiger partial charge in [-0.25, -0.2) is 8.42 Å². The SMILES string of the molecule is COc1ccccc1NS(=O)(=O)C1CCNC1. The number of ether oxygens (including phenoxy) is 1. The third kappa shape index (κ3) is 2.70. The lowest BCUT2D eigenvalue weighted by molar-refractivity contribution is 0.417. The summed E-state index contributed by atoms with van der Waals surface area (Å²) in [4.78, 5) is 0. The van der Waals surface area contributed by atoms with E-state index in [1.165, 1.54) is 7.11 Å². The topological polar surface area (TPSA) is 67.4 Å². The van der Waals surface area contributed by atoms with Gasteiger partial charge in [0.2, 0.25) is 10.0 Å². The normalized spacial score (nSPS) is 20.2. The van der Waals surface area contributed by atoms with Crippen LogP contribution in [-0.2, 0) is 10.0 Å². The van der Waals surface area contributed by atoms with Crippen LogP contribution in [0.3, 0.4) is 0 Å². The molecule has 94 valence electrons. The number of rotatable bonds is 4. The molecule has 2 rings (SSSR count). The van der Waals surface area contributed by atoms with Crippen LogP contribution in [0.2, 0.25) is 0 Å². The zero-order valence-electron chi connectivity index (χ0n) is 9.64. The molecule has 1 aliphatic heterocycles. The summed E-state index contributed by atoms with van der Waals surface area (Å²) in [5.41, 5.74) is 0.488. The lowest BCUT2D eigenvalue weighted by atomic mass is 10.3. The van der Waals surface area contributed by atoms with Crippen molar-refractivity contribution in [1.29, 1.82) is 0 Å². The summed E-state index contributed by atoms with van der Waals surface area (Å²) >= 11 is 0. The molecule has 1 unspecified atom stereocenters. The standard InChI is InChI=1S/C11H16N2O3S/c1-16-11-5-3-2-4-10(11)13-17(14,15)9-6-7-12-8-9/h2-5,9,12-13H,6-8H2,1H3. The van der Waals surface area contributed by atoms with Crippen LogP contribution in [0.15, 0.2) is 24.3 Å². The van der Waals surface area contributed by atoms with Crippen molar-refractivity contribution in [3.63, 3.8) is 0 Å². The maximum absolute atomic E-state index is 12.1. The van der Waals surface area contributed by atoms with Crippen molar-refractivity contribution in [3.05, 3.63) is 24.3 Å². The predicted molar refractivity (Wildman–Crippen MR) is 66.8 cm³/mol. The first-order valence-corrected chi connectivity index (χ1v) is 7.03. The van der Waals surface area contributed by atoms with Gasteiger partial charge in [0.25, 0.3) is 0 Å². The summed E-state index contributed by atoms with van der Waals surface area (Å²) in [6.45, 7) is 1.25. The van der Waals surface area contributed by atoms with Crippen molar-refractivity contribution in [3.8, 4) is 5.75 Å². The molecule has 1 aromatic carbocycles. The summed E-state index contributed by atoms with van der Waals surface area (Å²) in [6, 6.07) is 6.99. The highest BCUT2D eigenvalue weighted by molar-refractivity contribution is 7.93. The Morgan fingerprint density at radius 1 is 1.41 bits per heavy atom. The Hall–Kier alpha value is -1.27. The van der Waals surface area contributed by atoms with Gasteiger partial charge in [-0.3, -0.25) is 4.72 Å². The van der Waals surface area contributed by atoms with Gasteiger partial charge in [0.05, 0.1) is 18.0 Å². The minimum atomic E-state index is -3.34. The number of sulfonamides is 1. The molecule has 1 aliphatic rings. The number of nitrogens with one attached hydrogen (secondary N) is 2. The predicted octanol–water partition coefficient (Wildman–Crippen LogP) is 0.799. The van der Waals surface area contributed by atoms with E-state index in [0.717, 1.165) is 6.54 Å². The van der Waals surface area contributed by atoms with E-state index in [0.29, 0.717) is 24.4 Å². The quantitative estimate of drug-likeness (QED) is 0.836. The smallest absolute Gasteiger partial charge is 0.237 e. The molecule has 0 spiro atoms. The third-order valence-corrected chi connectivity index (χ3v) is 4.60. The van der Waals surface area contributed by atoms with Crippen molar-refractivity contribution in [2.75, 3.05) is 24.9 Å². The molecule has 0 radical (unpaired) electrons. The van der Waals surface area contributed by atoms with Gasteiger partial charge in [0, 0.05) is 6.54 Å². The molecule has 0 bridgehead atoms. The monoisotopic (exact) mass is 256 g/mol. The molecule has 0 amide bonds. The van der Waals surface area contributed by atoms with Crippen molar-refractivity contribution in [1.82, 2.24) is 5.32 Å². The first-order valence-electron chi connectivity index (χ1n) is 5.49. The molecule has 1 saturated heterocycles. The second-order valence-corrected chi connectivity index (χ2v) is 5.92. The van der Waals surface area contributed by atoms with Gasteiger partial charge < -0.3 is 10.1 Å². The fraction of sp³-hybridized carbons (Fsp3) is 0.455. The van der Waals surface area contributed by atoms with Crippen molar-refractivity contribution < 1.29 is 13.2 Å². The largest absolute Gasteiger partial charge is 0.495 e. The zero-order chi connectivity index (χ0) is 12.3. The molecule has 0 aliphatic carbocycles. The highest BCUT2D eigenvalue weighted by Crippen LogP contribution is 2.25. The summed E-state index contributed by atoms with van der Waals surface area (Å²) in [5, 5.41) is 2.67. The van der Waals surface area contributed by atoms with E-state index in [1.807, 2.05) is 0 Å². The van der Waals surface area contributed by atoms with Crippen LogP contribution in [0.1, 0.15) is 6.42 Å². The number of hydrogen-bond donors (Lipinski definition) is 2. The lowest BCUT2D eigenvalue weighted by Crippen LogP contribution is -2.29. The zero-order valence-corrected chi connectivity index (χ0v) is 10.5. The van der Waals surface area contributed by atoms with Gasteiger partial charge in [0.1, 0.15) is 5.75 Å². The maximum Gasteiger partial charge on any atom is 0.237 e. The molecule has 17 heavy (non-hydrogen) atoms. The van der Waals surface area contributed by atoms with Gasteiger partial charge in [0.15, 0.2) is 0 Å². The molecule has 1 aromatic rings. The van der Waals surface area contributed by atoms with E-state index < -0.39 is 10.0 Å². The highest BCUT2D eigenvalue weighted by atomic mass is 32.2. The first kappa shape index (κ1) is 12.2. The average Bonchev–Trinajstić information content (AvgIpc) is 2.83. The average molecular weight is 256 g/mol. The molecule has 6 heteroatoms. The second-order valence-electron chi connectivity index (χ2n) is 3.96. The van der Waals surface area contributed by atoms with Gasteiger partial charge >= 0.3 is 0 Å². The minimum Gasteiger partial charge on any atom is -0.495 e. The van der Waals surface area contributed by atoms with E-state index in [2.05, 4.69) is 10.0 Å². The highest BCUT2D eigenvalue weighted by Gasteiger charge is 2.29. The first-order chi connectivity index (χ1) is 8.13. The van der Waals surface area contributed by atoms with Crippen LogP contribution in [0.5, 0.6) is 5.75 Å². The molecule has 0 saturated carbocycles. The maximum atomic E-state index is 12.1. The Balaban J connectivity index is 2.19. The molecule has 1 atom stereocenters. The van der Waals surface area contributed by atoms with Crippen LogP contribution in [0.25, 0.3) is 0 Å². The van der Waals surface area contributed by atoms with Crippen LogP contribution >= 0.6 is 0 Å². The minimum absolute atomic E-state index is 0.368. The van der Waals surface area contributed by atoms with Crippen LogP contribution < -0.4 is 14.8 Å². The molecule has 0 aromatic heterocycles. The fourth-order valence-electron chi connectivity index (χ4n) is 1.86. The lowest BCUT2D eigenvalue weighted by Gasteiger charge is -2.14. The Labute approximate surface area is 101 Å². The number of para-hydroxylation sites is 2. The van der Waals surface area contributed by atoms with Crippen LogP contribution in [-0.4, -0.2) is 33.9 Å². The molecular weight excluding hydrogens is 240 g/mol. The van der Waals surface area contributed by atoms with E-state index >= 15 is 0 Å². The van der Waals surface area contributed by atoms with Crippen molar-refractivity contribution >= 4 is 15.7 Å². The Morgan fingerprint density at radius 3 is 2.82 bits per heavy atom. The van der Waals surface area contributed by atoms with Gasteiger partial charge in [-0.05, 0) is 25.1 Å². The van der Waals surface area contributed by atoms with E-state index in [9.17, 15) is 8.42 Å². The van der Waals surface area contributed by atoms with E-state index in [-0.39, 0.29) is 5.25 Å². The molecular formula is C11H16N2O3S. The van der Waals surface area contributed by atoms with Gasteiger partial charge in [-0.1, -0.05) is 12.1 Å². The Kier molecular flexibility index (Phi) is 3.54. The molecule has 1 fully saturated rings. The number of methoxy groups -OCH3 is 1. The van der Waals surface area contributed by atoms with E-state index in [4.69, 9.17) is 4.74 Å². The van der Waals surface area contributed by atoms with E-state index in [1.54, 1.807) is 24.3 Å².